The molecule has 2 aromatic rings. The maximum absolute atomic E-state index is 5.26. The van der Waals surface area contributed by atoms with Gasteiger partial charge in [0, 0.05) is 13.1 Å². The summed E-state index contributed by atoms with van der Waals surface area (Å²) >= 11 is 5.26. The van der Waals surface area contributed by atoms with Gasteiger partial charge < -0.3 is 9.88 Å². The van der Waals surface area contributed by atoms with Crippen molar-refractivity contribution in [3.63, 3.8) is 0 Å². The molecule has 0 bridgehead atoms. The molecule has 1 aromatic heterocycles. The molecule has 2 heterocycles. The van der Waals surface area contributed by atoms with Crippen LogP contribution in [-0.4, -0.2) is 23.1 Å². The van der Waals surface area contributed by atoms with Gasteiger partial charge in [-0.15, -0.1) is 0 Å². The minimum atomic E-state index is 0.648. The van der Waals surface area contributed by atoms with Crippen molar-refractivity contribution in [3.05, 3.63) is 41.0 Å². The highest BCUT2D eigenvalue weighted by Crippen LogP contribution is 2.21. The van der Waals surface area contributed by atoms with Crippen LogP contribution < -0.4 is 4.90 Å². The van der Waals surface area contributed by atoms with Gasteiger partial charge in [-0.2, -0.15) is 0 Å². The van der Waals surface area contributed by atoms with Crippen LogP contribution in [-0.2, 0) is 0 Å². The zero-order valence-electron chi connectivity index (χ0n) is 10.1. The summed E-state index contributed by atoms with van der Waals surface area (Å²) in [5.74, 6) is 0.902. The molecule has 3 nitrogen and oxygen atoms in total. The average Bonchev–Trinajstić information content (AvgIpc) is 2.93. The third-order valence-corrected chi connectivity index (χ3v) is 3.43. The molecule has 1 N–H and O–H groups in total. The first-order chi connectivity index (χ1) is 8.83. The molecule has 1 aliphatic rings. The zero-order chi connectivity index (χ0) is 12.4. The molecule has 0 aliphatic carbocycles. The maximum atomic E-state index is 5.26. The molecule has 0 amide bonds. The number of nitrogens with one attached hydrogen (secondary N) is 1. The molecule has 0 atom stereocenters. The quantitative estimate of drug-likeness (QED) is 0.837. The summed E-state index contributed by atoms with van der Waals surface area (Å²) in [5.41, 5.74) is 2.18. The average molecular weight is 257 g/mol. The number of nitrogens with zero attached hydrogens (tertiary/aromatic N) is 2. The second-order valence-electron chi connectivity index (χ2n) is 4.52. The van der Waals surface area contributed by atoms with Gasteiger partial charge in [0.1, 0.15) is 4.64 Å². The fourth-order valence-electron chi connectivity index (χ4n) is 2.30. The second kappa shape index (κ2) is 4.90. The van der Waals surface area contributed by atoms with E-state index in [1.807, 2.05) is 24.3 Å². The fraction of sp³-hybridized carbons (Fsp3) is 0.286. The van der Waals surface area contributed by atoms with Crippen molar-refractivity contribution in [1.29, 1.82) is 0 Å². The molecule has 0 unspecified atom stereocenters. The van der Waals surface area contributed by atoms with E-state index < -0.39 is 0 Å². The summed E-state index contributed by atoms with van der Waals surface area (Å²) < 4.78 is 0.648. The molecule has 1 fully saturated rings. The summed E-state index contributed by atoms with van der Waals surface area (Å²) in [6.07, 6.45) is 2.47. The van der Waals surface area contributed by atoms with Crippen molar-refractivity contribution in [3.8, 4) is 11.3 Å². The van der Waals surface area contributed by atoms with Gasteiger partial charge in [0.25, 0.3) is 0 Å². The highest BCUT2D eigenvalue weighted by atomic mass is 32.1. The number of H-pyrrole nitrogens is 1. The van der Waals surface area contributed by atoms with Crippen LogP contribution in [0.1, 0.15) is 12.8 Å². The molecule has 0 radical (unpaired) electrons. The first-order valence-electron chi connectivity index (χ1n) is 6.25. The van der Waals surface area contributed by atoms with Crippen LogP contribution in [0.3, 0.4) is 0 Å². The fourth-order valence-corrected chi connectivity index (χ4v) is 2.50. The number of hydrogen-bond donors (Lipinski definition) is 1. The Kier molecular flexibility index (Phi) is 3.11. The van der Waals surface area contributed by atoms with Crippen LogP contribution in [0.5, 0.6) is 0 Å². The van der Waals surface area contributed by atoms with E-state index in [9.17, 15) is 0 Å². The molecule has 92 valence electrons. The van der Waals surface area contributed by atoms with Crippen LogP contribution in [0.2, 0.25) is 0 Å². The van der Waals surface area contributed by atoms with Crippen LogP contribution in [0.4, 0.5) is 5.95 Å². The number of hydrogen-bond acceptors (Lipinski definition) is 3. The summed E-state index contributed by atoms with van der Waals surface area (Å²) in [5, 5.41) is 0. The van der Waals surface area contributed by atoms with Gasteiger partial charge >= 0.3 is 0 Å². The molecule has 3 rings (SSSR count). The van der Waals surface area contributed by atoms with E-state index in [0.29, 0.717) is 4.64 Å². The van der Waals surface area contributed by atoms with E-state index >= 15 is 0 Å². The molecule has 0 spiro atoms. The highest BCUT2D eigenvalue weighted by molar-refractivity contribution is 7.71. The predicted molar refractivity (Wildman–Crippen MR) is 76.3 cm³/mol. The predicted octanol–water partition coefficient (Wildman–Crippen LogP) is 3.41. The Morgan fingerprint density at radius 2 is 1.83 bits per heavy atom. The largest absolute Gasteiger partial charge is 0.342 e. The maximum Gasteiger partial charge on any atom is 0.204 e. The Morgan fingerprint density at radius 1 is 1.11 bits per heavy atom. The second-order valence-corrected chi connectivity index (χ2v) is 4.94. The Labute approximate surface area is 112 Å². The van der Waals surface area contributed by atoms with E-state index in [4.69, 9.17) is 12.2 Å². The van der Waals surface area contributed by atoms with Crippen molar-refractivity contribution in [2.24, 2.45) is 0 Å². The van der Waals surface area contributed by atoms with Crippen molar-refractivity contribution in [2.75, 3.05) is 18.0 Å². The van der Waals surface area contributed by atoms with Gasteiger partial charge in [0.05, 0.1) is 5.69 Å². The first kappa shape index (κ1) is 11.4. The van der Waals surface area contributed by atoms with E-state index in [2.05, 4.69) is 27.0 Å². The number of benzene rings is 1. The van der Waals surface area contributed by atoms with Crippen molar-refractivity contribution in [1.82, 2.24) is 9.97 Å². The zero-order valence-corrected chi connectivity index (χ0v) is 10.9. The number of aromatic nitrogens is 2. The van der Waals surface area contributed by atoms with Crippen LogP contribution in [0.15, 0.2) is 36.4 Å². The molecule has 1 aromatic carbocycles. The van der Waals surface area contributed by atoms with E-state index in [0.717, 1.165) is 30.3 Å². The van der Waals surface area contributed by atoms with E-state index in [-0.39, 0.29) is 0 Å². The van der Waals surface area contributed by atoms with Gasteiger partial charge in [-0.05, 0) is 24.5 Å². The van der Waals surface area contributed by atoms with Gasteiger partial charge in [0.15, 0.2) is 0 Å². The Morgan fingerprint density at radius 3 is 2.56 bits per heavy atom. The minimum absolute atomic E-state index is 0.648. The van der Waals surface area contributed by atoms with Gasteiger partial charge in [-0.1, -0.05) is 42.5 Å². The molecule has 1 saturated heterocycles. The molecule has 18 heavy (non-hydrogen) atoms. The highest BCUT2D eigenvalue weighted by Gasteiger charge is 2.14. The summed E-state index contributed by atoms with van der Waals surface area (Å²) in [6.45, 7) is 2.13. The van der Waals surface area contributed by atoms with Crippen LogP contribution in [0.25, 0.3) is 11.3 Å². The van der Waals surface area contributed by atoms with E-state index in [1.165, 1.54) is 12.8 Å². The summed E-state index contributed by atoms with van der Waals surface area (Å²) in [6, 6.07) is 12.2. The van der Waals surface area contributed by atoms with Crippen molar-refractivity contribution in [2.45, 2.75) is 12.8 Å². The van der Waals surface area contributed by atoms with Gasteiger partial charge in [-0.3, -0.25) is 0 Å². The van der Waals surface area contributed by atoms with Gasteiger partial charge in [-0.25, -0.2) is 4.98 Å². The molecular formula is C14H15N3S. The van der Waals surface area contributed by atoms with E-state index in [1.54, 1.807) is 0 Å². The molecular weight excluding hydrogens is 242 g/mol. The Hall–Kier alpha value is -1.68. The lowest BCUT2D eigenvalue weighted by atomic mass is 10.1. The van der Waals surface area contributed by atoms with Crippen LogP contribution in [0, 0.1) is 4.64 Å². The molecule has 4 heteroatoms. The number of anilines is 1. The SMILES string of the molecule is S=c1cc(-c2ccccc2)[nH]c(N2CCCC2)n1. The van der Waals surface area contributed by atoms with Crippen molar-refractivity contribution < 1.29 is 0 Å². The molecule has 0 saturated carbocycles. The standard InChI is InChI=1S/C14H15N3S/c18-13-10-12(11-6-2-1-3-7-11)15-14(16-13)17-8-4-5-9-17/h1-3,6-7,10H,4-5,8-9H2,(H,15,16,18). The lowest BCUT2D eigenvalue weighted by Gasteiger charge is -2.16. The smallest absolute Gasteiger partial charge is 0.204 e. The van der Waals surface area contributed by atoms with Crippen LogP contribution >= 0.6 is 12.2 Å². The minimum Gasteiger partial charge on any atom is -0.342 e. The Balaban J connectivity index is 2.03. The topological polar surface area (TPSA) is 31.9 Å². The monoisotopic (exact) mass is 257 g/mol. The normalized spacial score (nSPS) is 15.0. The third kappa shape index (κ3) is 2.29. The summed E-state index contributed by atoms with van der Waals surface area (Å²) in [4.78, 5) is 10.1. The molecule has 1 aliphatic heterocycles. The number of aromatic amines is 1. The van der Waals surface area contributed by atoms with Crippen molar-refractivity contribution >= 4 is 18.2 Å². The third-order valence-electron chi connectivity index (χ3n) is 3.22. The lowest BCUT2D eigenvalue weighted by molar-refractivity contribution is 0.897. The first-order valence-corrected chi connectivity index (χ1v) is 6.65. The Bertz CT molecular complexity index is 585. The van der Waals surface area contributed by atoms with Gasteiger partial charge in [0.2, 0.25) is 5.95 Å². The summed E-state index contributed by atoms with van der Waals surface area (Å²) in [7, 11) is 0. The number of rotatable bonds is 2. The lowest BCUT2D eigenvalue weighted by Crippen LogP contribution is -2.20.